The van der Waals surface area contributed by atoms with Crippen LogP contribution in [0, 0.1) is 12.7 Å². The number of hydrogen-bond acceptors (Lipinski definition) is 3. The van der Waals surface area contributed by atoms with Gasteiger partial charge in [0.1, 0.15) is 5.82 Å². The lowest BCUT2D eigenvalue weighted by atomic mass is 10.1. The van der Waals surface area contributed by atoms with E-state index in [9.17, 15) is 9.18 Å². The van der Waals surface area contributed by atoms with Gasteiger partial charge in [0.2, 0.25) is 0 Å². The number of anilines is 1. The van der Waals surface area contributed by atoms with Crippen LogP contribution in [0.3, 0.4) is 0 Å². The molecular formula is C14H14BrFN2OS. The summed E-state index contributed by atoms with van der Waals surface area (Å²) in [5.74, 6) is -0.710. The van der Waals surface area contributed by atoms with Crippen molar-refractivity contribution in [1.82, 2.24) is 4.90 Å². The average Bonchev–Trinajstić information content (AvgIpc) is 2.79. The van der Waals surface area contributed by atoms with Crippen LogP contribution in [-0.2, 0) is 6.54 Å². The quantitative estimate of drug-likeness (QED) is 0.849. The number of benzene rings is 1. The average molecular weight is 357 g/mol. The third-order valence-electron chi connectivity index (χ3n) is 3.02. The summed E-state index contributed by atoms with van der Waals surface area (Å²) >= 11 is 4.94. The fraction of sp³-hybridized carbons (Fsp3) is 0.214. The van der Waals surface area contributed by atoms with Crippen molar-refractivity contribution in [3.05, 3.63) is 49.9 Å². The standard InChI is InChI=1S/C14H14BrFN2OS/c1-8-11(16)4-10(5-12(8)17)14(19)18(2)6-9-3-13(15)20-7-9/h3-5,7H,6,17H2,1-2H3. The molecule has 0 atom stereocenters. The molecule has 0 spiro atoms. The zero-order valence-electron chi connectivity index (χ0n) is 11.1. The Bertz CT molecular complexity index is 633. The van der Waals surface area contributed by atoms with E-state index < -0.39 is 5.82 Å². The van der Waals surface area contributed by atoms with Gasteiger partial charge in [-0.05, 0) is 52.0 Å². The van der Waals surface area contributed by atoms with Crippen molar-refractivity contribution in [2.24, 2.45) is 0 Å². The Labute approximate surface area is 129 Å². The van der Waals surface area contributed by atoms with Crippen molar-refractivity contribution in [3.63, 3.8) is 0 Å². The second-order valence-electron chi connectivity index (χ2n) is 4.59. The van der Waals surface area contributed by atoms with Gasteiger partial charge in [-0.15, -0.1) is 11.3 Å². The summed E-state index contributed by atoms with van der Waals surface area (Å²) in [6, 6.07) is 4.70. The fourth-order valence-electron chi connectivity index (χ4n) is 1.82. The fourth-order valence-corrected chi connectivity index (χ4v) is 3.02. The van der Waals surface area contributed by atoms with Crippen LogP contribution in [0.1, 0.15) is 21.5 Å². The van der Waals surface area contributed by atoms with Crippen LogP contribution in [-0.4, -0.2) is 17.9 Å². The lowest BCUT2D eigenvalue weighted by Gasteiger charge is -2.17. The number of carbonyl (C=O) groups excluding carboxylic acids is 1. The Hall–Kier alpha value is -1.40. The summed E-state index contributed by atoms with van der Waals surface area (Å²) in [6.45, 7) is 2.06. The molecule has 3 nitrogen and oxygen atoms in total. The van der Waals surface area contributed by atoms with Gasteiger partial charge < -0.3 is 10.6 Å². The molecule has 0 bridgehead atoms. The molecule has 2 aromatic rings. The van der Waals surface area contributed by atoms with Gasteiger partial charge in [0, 0.05) is 30.4 Å². The molecule has 1 aromatic heterocycles. The maximum absolute atomic E-state index is 13.6. The van der Waals surface area contributed by atoms with Crippen LogP contribution in [0.4, 0.5) is 10.1 Å². The first-order chi connectivity index (χ1) is 9.38. The first-order valence-corrected chi connectivity index (χ1v) is 7.59. The van der Waals surface area contributed by atoms with Gasteiger partial charge in [0.05, 0.1) is 3.79 Å². The largest absolute Gasteiger partial charge is 0.398 e. The first kappa shape index (κ1) is 15.0. The van der Waals surface area contributed by atoms with E-state index in [1.54, 1.807) is 25.3 Å². The lowest BCUT2D eigenvalue weighted by Crippen LogP contribution is -2.26. The highest BCUT2D eigenvalue weighted by molar-refractivity contribution is 9.11. The number of nitrogens with two attached hydrogens (primary N) is 1. The molecule has 1 aromatic carbocycles. The van der Waals surface area contributed by atoms with Crippen LogP contribution >= 0.6 is 27.3 Å². The summed E-state index contributed by atoms with van der Waals surface area (Å²) in [5.41, 5.74) is 7.65. The Kier molecular flexibility index (Phi) is 4.45. The highest BCUT2D eigenvalue weighted by Gasteiger charge is 2.15. The lowest BCUT2D eigenvalue weighted by molar-refractivity contribution is 0.0785. The molecule has 1 heterocycles. The van der Waals surface area contributed by atoms with Crippen LogP contribution < -0.4 is 5.73 Å². The minimum Gasteiger partial charge on any atom is -0.398 e. The van der Waals surface area contributed by atoms with Gasteiger partial charge in [-0.2, -0.15) is 0 Å². The highest BCUT2D eigenvalue weighted by atomic mass is 79.9. The van der Waals surface area contributed by atoms with E-state index in [4.69, 9.17) is 5.73 Å². The monoisotopic (exact) mass is 356 g/mol. The minimum atomic E-state index is -0.458. The number of hydrogen-bond donors (Lipinski definition) is 1. The Morgan fingerprint density at radius 3 is 2.70 bits per heavy atom. The third kappa shape index (κ3) is 3.19. The van der Waals surface area contributed by atoms with E-state index in [2.05, 4.69) is 15.9 Å². The van der Waals surface area contributed by atoms with Gasteiger partial charge in [-0.1, -0.05) is 0 Å². The molecule has 0 saturated heterocycles. The number of nitrogen functional groups attached to an aromatic ring is 1. The number of halogens is 2. The van der Waals surface area contributed by atoms with E-state index in [1.165, 1.54) is 17.0 Å². The van der Waals surface area contributed by atoms with Crippen LogP contribution in [0.15, 0.2) is 27.4 Å². The van der Waals surface area contributed by atoms with E-state index in [-0.39, 0.29) is 11.5 Å². The van der Waals surface area contributed by atoms with Gasteiger partial charge >= 0.3 is 0 Å². The maximum Gasteiger partial charge on any atom is 0.254 e. The Balaban J connectivity index is 2.18. The maximum atomic E-state index is 13.6. The van der Waals surface area contributed by atoms with E-state index in [1.807, 2.05) is 11.4 Å². The zero-order valence-corrected chi connectivity index (χ0v) is 13.5. The summed E-state index contributed by atoms with van der Waals surface area (Å²) in [4.78, 5) is 13.8. The molecule has 0 aliphatic rings. The molecule has 0 radical (unpaired) electrons. The van der Waals surface area contributed by atoms with Crippen molar-refractivity contribution >= 4 is 38.9 Å². The van der Waals surface area contributed by atoms with Crippen molar-refractivity contribution in [2.45, 2.75) is 13.5 Å². The third-order valence-corrected chi connectivity index (χ3v) is 4.57. The van der Waals surface area contributed by atoms with Crippen molar-refractivity contribution < 1.29 is 9.18 Å². The molecule has 20 heavy (non-hydrogen) atoms. The van der Waals surface area contributed by atoms with E-state index >= 15 is 0 Å². The molecule has 6 heteroatoms. The number of rotatable bonds is 3. The molecule has 0 fully saturated rings. The van der Waals surface area contributed by atoms with Crippen LogP contribution in [0.5, 0.6) is 0 Å². The van der Waals surface area contributed by atoms with E-state index in [0.717, 1.165) is 9.35 Å². The second kappa shape index (κ2) is 5.93. The number of carbonyl (C=O) groups is 1. The van der Waals surface area contributed by atoms with Gasteiger partial charge in [0.15, 0.2) is 0 Å². The number of amides is 1. The Morgan fingerprint density at radius 1 is 1.45 bits per heavy atom. The summed E-state index contributed by atoms with van der Waals surface area (Å²) in [6.07, 6.45) is 0. The van der Waals surface area contributed by atoms with Gasteiger partial charge in [-0.25, -0.2) is 4.39 Å². The van der Waals surface area contributed by atoms with Crippen LogP contribution in [0.25, 0.3) is 0 Å². The van der Waals surface area contributed by atoms with Gasteiger partial charge in [-0.3, -0.25) is 4.79 Å². The van der Waals surface area contributed by atoms with Crippen molar-refractivity contribution in [3.8, 4) is 0 Å². The SMILES string of the molecule is Cc1c(N)cc(C(=O)N(C)Cc2csc(Br)c2)cc1F. The topological polar surface area (TPSA) is 46.3 Å². The predicted molar refractivity (Wildman–Crippen MR) is 83.4 cm³/mol. The number of nitrogens with zero attached hydrogens (tertiary/aromatic N) is 1. The summed E-state index contributed by atoms with van der Waals surface area (Å²) in [7, 11) is 1.68. The molecule has 2 rings (SSSR count). The van der Waals surface area contributed by atoms with Crippen molar-refractivity contribution in [1.29, 1.82) is 0 Å². The zero-order chi connectivity index (χ0) is 14.9. The first-order valence-electron chi connectivity index (χ1n) is 5.92. The highest BCUT2D eigenvalue weighted by Crippen LogP contribution is 2.23. The molecule has 1 amide bonds. The normalized spacial score (nSPS) is 10.6. The van der Waals surface area contributed by atoms with Crippen molar-refractivity contribution in [2.75, 3.05) is 12.8 Å². The molecule has 0 saturated carbocycles. The Morgan fingerprint density at radius 2 is 2.15 bits per heavy atom. The molecule has 0 aliphatic heterocycles. The predicted octanol–water partition coefficient (Wildman–Crippen LogP) is 3.81. The van der Waals surface area contributed by atoms with Gasteiger partial charge in [0.25, 0.3) is 5.91 Å². The smallest absolute Gasteiger partial charge is 0.254 e. The van der Waals surface area contributed by atoms with Crippen LogP contribution in [0.2, 0.25) is 0 Å². The second-order valence-corrected chi connectivity index (χ2v) is 6.88. The molecule has 0 aliphatic carbocycles. The molecule has 0 unspecified atom stereocenters. The summed E-state index contributed by atoms with van der Waals surface area (Å²) < 4.78 is 14.7. The van der Waals surface area contributed by atoms with E-state index in [0.29, 0.717) is 17.8 Å². The summed E-state index contributed by atoms with van der Waals surface area (Å²) in [5, 5.41) is 1.97. The molecular weight excluding hydrogens is 343 g/mol. The number of thiophene rings is 1. The molecule has 2 N–H and O–H groups in total. The minimum absolute atomic E-state index is 0.252. The molecule has 106 valence electrons.